The topological polar surface area (TPSA) is 65.4 Å². The summed E-state index contributed by atoms with van der Waals surface area (Å²) in [4.78, 5) is 12.2. The molecule has 0 aliphatic carbocycles. The molecule has 0 unspecified atom stereocenters. The van der Waals surface area contributed by atoms with E-state index in [1.807, 2.05) is 6.92 Å². The molecule has 0 atom stereocenters. The molecule has 0 radical (unpaired) electrons. The van der Waals surface area contributed by atoms with Crippen LogP contribution in [-0.2, 0) is 11.3 Å². The SMILES string of the molecule is CCCCn1nc(C)c(/C=C/C(=O)Nc2cc(OC)cc(OC)c2)c1Cl. The number of nitrogens with zero attached hydrogens (tertiary/aromatic N) is 2. The van der Waals surface area contributed by atoms with Gasteiger partial charge < -0.3 is 14.8 Å². The highest BCUT2D eigenvalue weighted by molar-refractivity contribution is 6.31. The van der Waals surface area contributed by atoms with Gasteiger partial charge in [-0.2, -0.15) is 5.10 Å². The summed E-state index contributed by atoms with van der Waals surface area (Å²) < 4.78 is 12.2. The van der Waals surface area contributed by atoms with Crippen molar-refractivity contribution in [2.45, 2.75) is 33.2 Å². The molecule has 7 heteroatoms. The Labute approximate surface area is 158 Å². The minimum Gasteiger partial charge on any atom is -0.497 e. The maximum absolute atomic E-state index is 12.2. The molecule has 1 N–H and O–H groups in total. The minimum absolute atomic E-state index is 0.280. The largest absolute Gasteiger partial charge is 0.497 e. The van der Waals surface area contributed by atoms with Gasteiger partial charge in [0.1, 0.15) is 16.7 Å². The first-order valence-electron chi connectivity index (χ1n) is 8.43. The van der Waals surface area contributed by atoms with Gasteiger partial charge in [0.2, 0.25) is 5.91 Å². The Balaban J connectivity index is 2.12. The molecule has 1 aromatic carbocycles. The summed E-state index contributed by atoms with van der Waals surface area (Å²) in [6.45, 7) is 4.75. The second-order valence-corrected chi connectivity index (χ2v) is 6.15. The molecular formula is C19H24ClN3O3. The van der Waals surface area contributed by atoms with Crippen LogP contribution in [0.25, 0.3) is 6.08 Å². The summed E-state index contributed by atoms with van der Waals surface area (Å²) in [5.41, 5.74) is 2.12. The predicted octanol–water partition coefficient (Wildman–Crippen LogP) is 4.31. The molecule has 1 aromatic heterocycles. The van der Waals surface area contributed by atoms with E-state index in [1.54, 1.807) is 43.2 Å². The molecule has 140 valence electrons. The van der Waals surface area contributed by atoms with Crippen LogP contribution < -0.4 is 14.8 Å². The molecule has 1 amide bonds. The summed E-state index contributed by atoms with van der Waals surface area (Å²) in [7, 11) is 3.11. The summed E-state index contributed by atoms with van der Waals surface area (Å²) in [6.07, 6.45) is 5.18. The molecule has 2 aromatic rings. The molecule has 0 aliphatic rings. The Hall–Kier alpha value is -2.47. The van der Waals surface area contributed by atoms with Gasteiger partial charge in [0.05, 0.1) is 19.9 Å². The van der Waals surface area contributed by atoms with E-state index >= 15 is 0 Å². The number of carbonyl (C=O) groups is 1. The number of hydrogen-bond donors (Lipinski definition) is 1. The van der Waals surface area contributed by atoms with Crippen molar-refractivity contribution >= 4 is 29.3 Å². The number of hydrogen-bond acceptors (Lipinski definition) is 4. The van der Waals surface area contributed by atoms with E-state index in [-0.39, 0.29) is 5.91 Å². The van der Waals surface area contributed by atoms with Crippen LogP contribution in [-0.4, -0.2) is 29.9 Å². The lowest BCUT2D eigenvalue weighted by atomic mass is 10.2. The molecule has 26 heavy (non-hydrogen) atoms. The van der Waals surface area contributed by atoms with Gasteiger partial charge in [-0.3, -0.25) is 9.48 Å². The number of aryl methyl sites for hydroxylation is 2. The Morgan fingerprint density at radius 1 is 1.27 bits per heavy atom. The van der Waals surface area contributed by atoms with E-state index < -0.39 is 0 Å². The van der Waals surface area contributed by atoms with E-state index in [4.69, 9.17) is 21.1 Å². The average Bonchev–Trinajstić information content (AvgIpc) is 2.90. The molecule has 0 saturated carbocycles. The Kier molecular flexibility index (Phi) is 7.09. The van der Waals surface area contributed by atoms with E-state index in [2.05, 4.69) is 17.3 Å². The fourth-order valence-electron chi connectivity index (χ4n) is 2.44. The molecule has 0 spiro atoms. The van der Waals surface area contributed by atoms with Crippen molar-refractivity contribution in [3.8, 4) is 11.5 Å². The van der Waals surface area contributed by atoms with Crippen LogP contribution in [0.15, 0.2) is 24.3 Å². The number of ether oxygens (including phenoxy) is 2. The van der Waals surface area contributed by atoms with Gasteiger partial charge in [-0.05, 0) is 19.4 Å². The van der Waals surface area contributed by atoms with Gasteiger partial charge in [-0.15, -0.1) is 0 Å². The maximum Gasteiger partial charge on any atom is 0.248 e. The highest BCUT2D eigenvalue weighted by Gasteiger charge is 2.11. The average molecular weight is 378 g/mol. The van der Waals surface area contributed by atoms with Crippen molar-refractivity contribution in [1.29, 1.82) is 0 Å². The van der Waals surface area contributed by atoms with Gasteiger partial charge in [0.15, 0.2) is 0 Å². The summed E-state index contributed by atoms with van der Waals surface area (Å²) >= 11 is 6.37. The second kappa shape index (κ2) is 9.29. The number of methoxy groups -OCH3 is 2. The van der Waals surface area contributed by atoms with E-state index in [0.717, 1.165) is 30.6 Å². The van der Waals surface area contributed by atoms with Gasteiger partial charge in [-0.25, -0.2) is 0 Å². The number of halogens is 1. The lowest BCUT2D eigenvalue weighted by molar-refractivity contribution is -0.111. The second-order valence-electron chi connectivity index (χ2n) is 5.79. The van der Waals surface area contributed by atoms with E-state index in [9.17, 15) is 4.79 Å². The van der Waals surface area contributed by atoms with Crippen LogP contribution in [0.2, 0.25) is 5.15 Å². The molecule has 6 nitrogen and oxygen atoms in total. The number of amides is 1. The first kappa shape index (κ1) is 19.8. The quantitative estimate of drug-likeness (QED) is 0.696. The van der Waals surface area contributed by atoms with Crippen LogP contribution in [0.1, 0.15) is 31.0 Å². The van der Waals surface area contributed by atoms with Crippen molar-refractivity contribution in [1.82, 2.24) is 9.78 Å². The highest BCUT2D eigenvalue weighted by atomic mass is 35.5. The number of rotatable bonds is 8. The third kappa shape index (κ3) is 5.02. The fraction of sp³-hybridized carbons (Fsp3) is 0.368. The minimum atomic E-state index is -0.280. The summed E-state index contributed by atoms with van der Waals surface area (Å²) in [5, 5.41) is 7.75. The van der Waals surface area contributed by atoms with Crippen molar-refractivity contribution in [2.75, 3.05) is 19.5 Å². The zero-order valence-corrected chi connectivity index (χ0v) is 16.3. The van der Waals surface area contributed by atoms with Crippen LogP contribution in [0.3, 0.4) is 0 Å². The number of aromatic nitrogens is 2. The molecular weight excluding hydrogens is 354 g/mol. The Morgan fingerprint density at radius 2 is 1.92 bits per heavy atom. The van der Waals surface area contributed by atoms with Crippen molar-refractivity contribution in [3.05, 3.63) is 40.7 Å². The molecule has 0 fully saturated rings. The van der Waals surface area contributed by atoms with Gasteiger partial charge in [0.25, 0.3) is 0 Å². The number of anilines is 1. The number of carbonyl (C=O) groups excluding carboxylic acids is 1. The lowest BCUT2D eigenvalue weighted by Crippen LogP contribution is -2.08. The standard InChI is InChI=1S/C19H24ClN3O3/c1-5-6-9-23-19(20)17(13(2)22-23)7-8-18(24)21-14-10-15(25-3)12-16(11-14)26-4/h7-8,10-12H,5-6,9H2,1-4H3,(H,21,24)/b8-7+. The maximum atomic E-state index is 12.2. The molecule has 0 aliphatic heterocycles. The zero-order valence-electron chi connectivity index (χ0n) is 15.5. The first-order chi connectivity index (χ1) is 12.5. The number of unbranched alkanes of at least 4 members (excludes halogenated alkanes) is 1. The van der Waals surface area contributed by atoms with Crippen molar-refractivity contribution in [3.63, 3.8) is 0 Å². The van der Waals surface area contributed by atoms with Crippen LogP contribution >= 0.6 is 11.6 Å². The summed E-state index contributed by atoms with van der Waals surface area (Å²) in [5.74, 6) is 0.913. The predicted molar refractivity (Wildman–Crippen MR) is 104 cm³/mol. The third-order valence-corrected chi connectivity index (χ3v) is 4.25. The molecule has 0 saturated heterocycles. The van der Waals surface area contributed by atoms with Crippen LogP contribution in [0.5, 0.6) is 11.5 Å². The first-order valence-corrected chi connectivity index (χ1v) is 8.81. The fourth-order valence-corrected chi connectivity index (χ4v) is 2.76. The van der Waals surface area contributed by atoms with Gasteiger partial charge in [0, 0.05) is 42.1 Å². The highest BCUT2D eigenvalue weighted by Crippen LogP contribution is 2.26. The van der Waals surface area contributed by atoms with Gasteiger partial charge in [-0.1, -0.05) is 24.9 Å². The lowest BCUT2D eigenvalue weighted by Gasteiger charge is -2.08. The van der Waals surface area contributed by atoms with Crippen LogP contribution in [0, 0.1) is 6.92 Å². The molecule has 2 rings (SSSR count). The zero-order chi connectivity index (χ0) is 19.1. The molecule has 0 bridgehead atoms. The normalized spacial score (nSPS) is 11.0. The van der Waals surface area contributed by atoms with E-state index in [0.29, 0.717) is 22.3 Å². The smallest absolute Gasteiger partial charge is 0.248 e. The van der Waals surface area contributed by atoms with Crippen molar-refractivity contribution < 1.29 is 14.3 Å². The summed E-state index contributed by atoms with van der Waals surface area (Å²) in [6, 6.07) is 5.17. The van der Waals surface area contributed by atoms with Crippen molar-refractivity contribution in [2.24, 2.45) is 0 Å². The Morgan fingerprint density at radius 3 is 2.50 bits per heavy atom. The number of nitrogens with one attached hydrogen (secondary N) is 1. The third-order valence-electron chi connectivity index (χ3n) is 3.85. The monoisotopic (exact) mass is 377 g/mol. The van der Waals surface area contributed by atoms with Crippen LogP contribution in [0.4, 0.5) is 5.69 Å². The van der Waals surface area contributed by atoms with E-state index in [1.165, 1.54) is 6.08 Å². The van der Waals surface area contributed by atoms with Gasteiger partial charge >= 0.3 is 0 Å². The Bertz CT molecular complexity index is 777. The number of benzene rings is 1. The molecule has 1 heterocycles.